The van der Waals surface area contributed by atoms with Crippen LogP contribution >= 0.6 is 12.2 Å². The second-order valence-corrected chi connectivity index (χ2v) is 6.60. The summed E-state index contributed by atoms with van der Waals surface area (Å²) in [5.74, 6) is 0.376. The van der Waals surface area contributed by atoms with Gasteiger partial charge in [0.15, 0.2) is 6.67 Å². The topological polar surface area (TPSA) is 59.5 Å². The molecule has 0 aliphatic carbocycles. The molecule has 5 nitrogen and oxygen atoms in total. The Balaban J connectivity index is 2.37. The van der Waals surface area contributed by atoms with Gasteiger partial charge >= 0.3 is 5.97 Å². The molecule has 1 aliphatic rings. The molecule has 0 saturated carbocycles. The van der Waals surface area contributed by atoms with Crippen molar-refractivity contribution >= 4 is 18.2 Å². The van der Waals surface area contributed by atoms with E-state index in [1.54, 1.807) is 13.0 Å². The van der Waals surface area contributed by atoms with Gasteiger partial charge in [0.2, 0.25) is 0 Å². The number of quaternary nitrogens is 1. The molecule has 1 aromatic heterocycles. The maximum atomic E-state index is 12.1. The number of carbonyl (C=O) groups is 1. The molecular formula is C17H24N3O2S+. The van der Waals surface area contributed by atoms with Crippen LogP contribution in [0.25, 0.3) is 0 Å². The number of hydrogen-bond donors (Lipinski definition) is 1. The molecule has 2 rings (SSSR count). The molecule has 0 amide bonds. The van der Waals surface area contributed by atoms with Crippen molar-refractivity contribution in [2.75, 3.05) is 19.7 Å². The number of esters is 1. The van der Waals surface area contributed by atoms with Crippen LogP contribution in [-0.4, -0.2) is 30.2 Å². The number of nitrogens with one attached hydrogen (secondary N) is 1. The van der Waals surface area contributed by atoms with Crippen molar-refractivity contribution in [3.8, 4) is 6.07 Å². The summed E-state index contributed by atoms with van der Waals surface area (Å²) in [5.41, 5.74) is 1.57. The van der Waals surface area contributed by atoms with Crippen molar-refractivity contribution < 1.29 is 14.4 Å². The Labute approximate surface area is 142 Å². The highest BCUT2D eigenvalue weighted by atomic mass is 32.1. The van der Waals surface area contributed by atoms with Gasteiger partial charge in [0, 0.05) is 5.69 Å². The predicted octanol–water partition coefficient (Wildman–Crippen LogP) is 1.85. The zero-order valence-corrected chi connectivity index (χ0v) is 14.8. The molecule has 0 bridgehead atoms. The number of piperidine rings is 1. The first-order valence-corrected chi connectivity index (χ1v) is 8.54. The first-order valence-electron chi connectivity index (χ1n) is 8.13. The fourth-order valence-corrected chi connectivity index (χ4v) is 3.30. The summed E-state index contributed by atoms with van der Waals surface area (Å²) in [7, 11) is 0. The van der Waals surface area contributed by atoms with Gasteiger partial charge < -0.3 is 9.64 Å². The molecule has 0 atom stereocenters. The third kappa shape index (κ3) is 3.98. The van der Waals surface area contributed by atoms with Crippen molar-refractivity contribution in [1.82, 2.24) is 4.57 Å². The van der Waals surface area contributed by atoms with Crippen molar-refractivity contribution in [1.29, 1.82) is 5.26 Å². The minimum absolute atomic E-state index is 0.311. The lowest BCUT2D eigenvalue weighted by atomic mass is 10.00. The fraction of sp³-hybridized carbons (Fsp3) is 0.588. The lowest BCUT2D eigenvalue weighted by molar-refractivity contribution is -0.928. The van der Waals surface area contributed by atoms with E-state index in [0.717, 1.165) is 24.7 Å². The molecule has 1 aliphatic heterocycles. The summed E-state index contributed by atoms with van der Waals surface area (Å²) >= 11 is 5.46. The molecule has 2 heterocycles. The second kappa shape index (κ2) is 7.71. The Morgan fingerprint density at radius 2 is 2.17 bits per heavy atom. The zero-order valence-electron chi connectivity index (χ0n) is 14.0. The molecule has 124 valence electrons. The molecule has 0 unspecified atom stereocenters. The summed E-state index contributed by atoms with van der Waals surface area (Å²) < 4.78 is 7.53. The standard InChI is InChI=1S/C17H23N3O2S/c1-4-22-17(21)15-9-14(10-18)16(23)20(13(15)3)11-19-7-5-12(2)6-8-19/h9,12H,4-8,11H2,1-3H3/p+1. The summed E-state index contributed by atoms with van der Waals surface area (Å²) in [6, 6.07) is 3.66. The van der Waals surface area contributed by atoms with E-state index in [-0.39, 0.29) is 0 Å². The first kappa shape index (κ1) is 17.6. The molecule has 6 heteroatoms. The van der Waals surface area contributed by atoms with Crippen LogP contribution in [0.3, 0.4) is 0 Å². The average molecular weight is 334 g/mol. The highest BCUT2D eigenvalue weighted by Gasteiger charge is 2.22. The maximum Gasteiger partial charge on any atom is 0.339 e. The molecule has 0 spiro atoms. The van der Waals surface area contributed by atoms with Crippen LogP contribution in [-0.2, 0) is 11.4 Å². The average Bonchev–Trinajstić information content (AvgIpc) is 2.53. The van der Waals surface area contributed by atoms with E-state index in [4.69, 9.17) is 17.0 Å². The van der Waals surface area contributed by atoms with Crippen molar-refractivity contribution in [3.63, 3.8) is 0 Å². The summed E-state index contributed by atoms with van der Waals surface area (Å²) in [6.07, 6.45) is 2.40. The monoisotopic (exact) mass is 334 g/mol. The number of ether oxygens (including phenoxy) is 1. The molecule has 0 aromatic carbocycles. The zero-order chi connectivity index (χ0) is 17.0. The summed E-state index contributed by atoms with van der Waals surface area (Å²) in [6.45, 7) is 9.11. The second-order valence-electron chi connectivity index (χ2n) is 6.21. The van der Waals surface area contributed by atoms with Gasteiger partial charge in [-0.1, -0.05) is 19.1 Å². The molecule has 1 fully saturated rings. The SMILES string of the molecule is CCOC(=O)c1cc(C#N)c(=S)n(C[NH+]2CCC(C)CC2)c1C. The number of carbonyl (C=O) groups excluding carboxylic acids is 1. The number of nitriles is 1. The molecule has 1 aromatic rings. The third-order valence-electron chi connectivity index (χ3n) is 4.54. The van der Waals surface area contributed by atoms with Crippen molar-refractivity contribution in [2.24, 2.45) is 5.92 Å². The lowest BCUT2D eigenvalue weighted by Gasteiger charge is -2.29. The number of rotatable bonds is 4. The van der Waals surface area contributed by atoms with Crippen molar-refractivity contribution in [2.45, 2.75) is 40.3 Å². The fourth-order valence-electron chi connectivity index (χ4n) is 2.99. The van der Waals surface area contributed by atoms with E-state index >= 15 is 0 Å². The Morgan fingerprint density at radius 1 is 1.52 bits per heavy atom. The van der Waals surface area contributed by atoms with Crippen LogP contribution in [0.15, 0.2) is 6.07 Å². The van der Waals surface area contributed by atoms with Crippen LogP contribution in [0.5, 0.6) is 0 Å². The number of aromatic nitrogens is 1. The number of hydrogen-bond acceptors (Lipinski definition) is 4. The Kier molecular flexibility index (Phi) is 5.91. The minimum atomic E-state index is -0.396. The smallest absolute Gasteiger partial charge is 0.339 e. The highest BCUT2D eigenvalue weighted by Crippen LogP contribution is 2.15. The van der Waals surface area contributed by atoms with Crippen LogP contribution < -0.4 is 4.90 Å². The molecule has 0 radical (unpaired) electrons. The number of pyridine rings is 1. The van der Waals surface area contributed by atoms with E-state index in [0.29, 0.717) is 29.0 Å². The molecule has 1 saturated heterocycles. The first-order chi connectivity index (χ1) is 11.0. The normalized spacial score (nSPS) is 20.8. The maximum absolute atomic E-state index is 12.1. The summed E-state index contributed by atoms with van der Waals surface area (Å²) in [4.78, 5) is 13.6. The van der Waals surface area contributed by atoms with Crippen LogP contribution in [0, 0.1) is 28.8 Å². The van der Waals surface area contributed by atoms with E-state index in [2.05, 4.69) is 13.0 Å². The molecule has 1 N–H and O–H groups in total. The van der Waals surface area contributed by atoms with Gasteiger partial charge in [-0.25, -0.2) is 4.79 Å². The van der Waals surface area contributed by atoms with Gasteiger partial charge in [-0.2, -0.15) is 5.26 Å². The molecular weight excluding hydrogens is 310 g/mol. The lowest BCUT2D eigenvalue weighted by Crippen LogP contribution is -3.12. The van der Waals surface area contributed by atoms with Crippen LogP contribution in [0.2, 0.25) is 0 Å². The van der Waals surface area contributed by atoms with Crippen LogP contribution in [0.4, 0.5) is 0 Å². The molecule has 23 heavy (non-hydrogen) atoms. The van der Waals surface area contributed by atoms with E-state index in [1.807, 2.05) is 11.5 Å². The quantitative estimate of drug-likeness (QED) is 0.674. The van der Waals surface area contributed by atoms with Gasteiger partial charge in [-0.15, -0.1) is 0 Å². The highest BCUT2D eigenvalue weighted by molar-refractivity contribution is 7.71. The van der Waals surface area contributed by atoms with Crippen molar-refractivity contribution in [3.05, 3.63) is 27.5 Å². The van der Waals surface area contributed by atoms with E-state index in [1.165, 1.54) is 17.7 Å². The number of nitrogens with zero attached hydrogens (tertiary/aromatic N) is 2. The summed E-state index contributed by atoms with van der Waals surface area (Å²) in [5, 5.41) is 9.32. The van der Waals surface area contributed by atoms with Gasteiger partial charge in [-0.05, 0) is 38.7 Å². The largest absolute Gasteiger partial charge is 0.462 e. The van der Waals surface area contributed by atoms with Crippen LogP contribution in [0.1, 0.15) is 48.3 Å². The Bertz CT molecular complexity index is 682. The van der Waals surface area contributed by atoms with Gasteiger partial charge in [0.05, 0.1) is 30.8 Å². The van der Waals surface area contributed by atoms with E-state index < -0.39 is 5.97 Å². The van der Waals surface area contributed by atoms with Gasteiger partial charge in [-0.3, -0.25) is 4.57 Å². The van der Waals surface area contributed by atoms with Gasteiger partial charge in [0.1, 0.15) is 10.7 Å². The van der Waals surface area contributed by atoms with Gasteiger partial charge in [0.25, 0.3) is 0 Å². The Hall–Kier alpha value is -1.71. The third-order valence-corrected chi connectivity index (χ3v) is 4.98. The van der Waals surface area contributed by atoms with E-state index in [9.17, 15) is 10.1 Å². The number of likely N-dealkylation sites (tertiary alicyclic amines) is 1. The Morgan fingerprint density at radius 3 is 2.74 bits per heavy atom. The minimum Gasteiger partial charge on any atom is -0.462 e. The predicted molar refractivity (Wildman–Crippen MR) is 89.8 cm³/mol.